The molecule has 0 aromatic heterocycles. The zero-order chi connectivity index (χ0) is 13.2. The van der Waals surface area contributed by atoms with Crippen LogP contribution in [0.1, 0.15) is 12.0 Å². The van der Waals surface area contributed by atoms with E-state index in [-0.39, 0.29) is 11.6 Å². The minimum Gasteiger partial charge on any atom is -0.481 e. The molecule has 0 unspecified atom stereocenters. The molecule has 0 radical (unpaired) electrons. The van der Waals surface area contributed by atoms with E-state index in [4.69, 9.17) is 5.11 Å². The van der Waals surface area contributed by atoms with Gasteiger partial charge in [-0.25, -0.2) is 4.39 Å². The van der Waals surface area contributed by atoms with Gasteiger partial charge in [0.2, 0.25) is 0 Å². The summed E-state index contributed by atoms with van der Waals surface area (Å²) in [5.74, 6) is 0.00348. The molecule has 100 valence electrons. The van der Waals surface area contributed by atoms with E-state index in [0.717, 1.165) is 37.2 Å². The van der Waals surface area contributed by atoms with Gasteiger partial charge >= 0.3 is 5.97 Å². The first-order chi connectivity index (χ1) is 8.68. The summed E-state index contributed by atoms with van der Waals surface area (Å²) in [6, 6.07) is 6.56. The first-order valence-electron chi connectivity index (χ1n) is 5.93. The Hall–Kier alpha value is -1.07. The predicted octanol–water partition coefficient (Wildman–Crippen LogP) is 2.17. The Bertz CT molecular complexity index is 357. The van der Waals surface area contributed by atoms with Crippen molar-refractivity contribution in [3.05, 3.63) is 35.6 Å². The van der Waals surface area contributed by atoms with E-state index in [1.165, 1.54) is 23.9 Å². The van der Waals surface area contributed by atoms with Gasteiger partial charge in [0, 0.05) is 12.3 Å². The molecule has 0 saturated heterocycles. The number of carboxylic acids is 1. The third kappa shape index (κ3) is 7.29. The van der Waals surface area contributed by atoms with Gasteiger partial charge in [0.05, 0.1) is 5.75 Å². The number of halogens is 1. The van der Waals surface area contributed by atoms with Crippen molar-refractivity contribution in [2.45, 2.75) is 12.8 Å². The van der Waals surface area contributed by atoms with Gasteiger partial charge in [0.25, 0.3) is 0 Å². The highest BCUT2D eigenvalue weighted by molar-refractivity contribution is 7.99. The molecule has 0 spiro atoms. The lowest BCUT2D eigenvalue weighted by Gasteiger charge is -2.04. The van der Waals surface area contributed by atoms with Crippen LogP contribution in [0.5, 0.6) is 0 Å². The maximum atomic E-state index is 12.6. The third-order valence-corrected chi connectivity index (χ3v) is 3.32. The molecule has 3 nitrogen and oxygen atoms in total. The summed E-state index contributed by atoms with van der Waals surface area (Å²) in [6.07, 6.45) is 1.92. The van der Waals surface area contributed by atoms with Crippen molar-refractivity contribution < 1.29 is 14.3 Å². The maximum Gasteiger partial charge on any atom is 0.313 e. The summed E-state index contributed by atoms with van der Waals surface area (Å²) in [4.78, 5) is 10.2. The average Bonchev–Trinajstić information content (AvgIpc) is 2.34. The standard InChI is InChI=1S/C13H18FNO2S/c14-12-5-3-11(4-6-12)2-1-7-15-8-9-18-10-13(16)17/h3-6,15H,1-2,7-10H2,(H,16,17). The molecular weight excluding hydrogens is 253 g/mol. The molecule has 0 amide bonds. The SMILES string of the molecule is O=C(O)CSCCNCCCc1ccc(F)cc1. The van der Waals surface area contributed by atoms with Gasteiger partial charge in [0.1, 0.15) is 5.82 Å². The molecule has 0 saturated carbocycles. The zero-order valence-electron chi connectivity index (χ0n) is 10.2. The quantitative estimate of drug-likeness (QED) is 0.676. The summed E-state index contributed by atoms with van der Waals surface area (Å²) in [5.41, 5.74) is 1.14. The second-order valence-corrected chi connectivity index (χ2v) is 5.03. The van der Waals surface area contributed by atoms with Crippen molar-refractivity contribution in [2.75, 3.05) is 24.6 Å². The lowest BCUT2D eigenvalue weighted by Crippen LogP contribution is -2.19. The highest BCUT2D eigenvalue weighted by Gasteiger charge is 1.97. The molecule has 0 bridgehead atoms. The molecule has 18 heavy (non-hydrogen) atoms. The molecule has 0 aliphatic carbocycles. The minimum absolute atomic E-state index is 0.164. The summed E-state index contributed by atoms with van der Waals surface area (Å²) in [7, 11) is 0. The van der Waals surface area contributed by atoms with E-state index in [1.54, 1.807) is 12.1 Å². The van der Waals surface area contributed by atoms with Crippen LogP contribution in [0.25, 0.3) is 0 Å². The van der Waals surface area contributed by atoms with E-state index < -0.39 is 5.97 Å². The number of rotatable bonds is 9. The van der Waals surface area contributed by atoms with Crippen molar-refractivity contribution in [3.8, 4) is 0 Å². The number of aryl methyl sites for hydroxylation is 1. The number of hydrogen-bond donors (Lipinski definition) is 2. The van der Waals surface area contributed by atoms with Crippen molar-refractivity contribution in [1.29, 1.82) is 0 Å². The molecule has 0 fully saturated rings. The Morgan fingerprint density at radius 3 is 2.67 bits per heavy atom. The van der Waals surface area contributed by atoms with Crippen LogP contribution in [0.3, 0.4) is 0 Å². The topological polar surface area (TPSA) is 49.3 Å². The fraction of sp³-hybridized carbons (Fsp3) is 0.462. The maximum absolute atomic E-state index is 12.6. The highest BCUT2D eigenvalue weighted by Crippen LogP contribution is 2.04. The number of thioether (sulfide) groups is 1. The van der Waals surface area contributed by atoms with Crippen molar-refractivity contribution in [2.24, 2.45) is 0 Å². The van der Waals surface area contributed by atoms with Crippen LogP contribution in [0, 0.1) is 5.82 Å². The molecule has 0 atom stereocenters. The molecule has 0 aliphatic heterocycles. The van der Waals surface area contributed by atoms with Gasteiger partial charge in [0.15, 0.2) is 0 Å². The number of nitrogens with one attached hydrogen (secondary N) is 1. The van der Waals surface area contributed by atoms with E-state index in [2.05, 4.69) is 5.32 Å². The molecule has 1 rings (SSSR count). The van der Waals surface area contributed by atoms with Gasteiger partial charge in [-0.1, -0.05) is 12.1 Å². The molecule has 0 heterocycles. The Kier molecular flexibility index (Phi) is 7.44. The molecule has 1 aromatic rings. The summed E-state index contributed by atoms with van der Waals surface area (Å²) in [5, 5.41) is 11.7. The van der Waals surface area contributed by atoms with Crippen LogP contribution in [0.4, 0.5) is 4.39 Å². The molecular formula is C13H18FNO2S. The highest BCUT2D eigenvalue weighted by atomic mass is 32.2. The van der Waals surface area contributed by atoms with E-state index in [1.807, 2.05) is 0 Å². The number of aliphatic carboxylic acids is 1. The minimum atomic E-state index is -0.767. The molecule has 0 aliphatic rings. The Morgan fingerprint density at radius 2 is 2.00 bits per heavy atom. The van der Waals surface area contributed by atoms with E-state index in [0.29, 0.717) is 0 Å². The van der Waals surface area contributed by atoms with E-state index in [9.17, 15) is 9.18 Å². The summed E-state index contributed by atoms with van der Waals surface area (Å²) in [6.45, 7) is 1.71. The first kappa shape index (κ1) is 15.0. The van der Waals surface area contributed by atoms with Crippen molar-refractivity contribution >= 4 is 17.7 Å². The Morgan fingerprint density at radius 1 is 1.28 bits per heavy atom. The molecule has 5 heteroatoms. The Labute approximate surface area is 111 Å². The first-order valence-corrected chi connectivity index (χ1v) is 7.08. The number of carbonyl (C=O) groups is 1. The van der Waals surface area contributed by atoms with Crippen molar-refractivity contribution in [3.63, 3.8) is 0 Å². The van der Waals surface area contributed by atoms with Crippen LogP contribution < -0.4 is 5.32 Å². The number of hydrogen-bond acceptors (Lipinski definition) is 3. The van der Waals surface area contributed by atoms with Crippen LogP contribution in [0.15, 0.2) is 24.3 Å². The average molecular weight is 271 g/mol. The normalized spacial score (nSPS) is 10.5. The largest absolute Gasteiger partial charge is 0.481 e. The molecule has 2 N–H and O–H groups in total. The smallest absolute Gasteiger partial charge is 0.313 e. The lowest BCUT2D eigenvalue weighted by atomic mass is 10.1. The fourth-order valence-electron chi connectivity index (χ4n) is 1.50. The number of carboxylic acid groups (broad SMARTS) is 1. The second kappa shape index (κ2) is 8.94. The fourth-order valence-corrected chi connectivity index (χ4v) is 2.11. The monoisotopic (exact) mass is 271 g/mol. The molecule has 1 aromatic carbocycles. The zero-order valence-corrected chi connectivity index (χ0v) is 11.0. The van der Waals surface area contributed by atoms with Gasteiger partial charge in [-0.2, -0.15) is 0 Å². The van der Waals surface area contributed by atoms with Gasteiger partial charge < -0.3 is 10.4 Å². The van der Waals surface area contributed by atoms with E-state index >= 15 is 0 Å². The van der Waals surface area contributed by atoms with Gasteiger partial charge in [-0.15, -0.1) is 11.8 Å². The third-order valence-electron chi connectivity index (χ3n) is 2.38. The van der Waals surface area contributed by atoms with Gasteiger partial charge in [-0.3, -0.25) is 4.79 Å². The second-order valence-electron chi connectivity index (χ2n) is 3.93. The summed E-state index contributed by atoms with van der Waals surface area (Å²) < 4.78 is 12.6. The predicted molar refractivity (Wildman–Crippen MR) is 72.6 cm³/mol. The van der Waals surface area contributed by atoms with Crippen LogP contribution in [-0.2, 0) is 11.2 Å². The summed E-state index contributed by atoms with van der Waals surface area (Å²) >= 11 is 1.41. The van der Waals surface area contributed by atoms with Gasteiger partial charge in [-0.05, 0) is 37.1 Å². The van der Waals surface area contributed by atoms with Crippen molar-refractivity contribution in [1.82, 2.24) is 5.32 Å². The lowest BCUT2D eigenvalue weighted by molar-refractivity contribution is -0.133. The van der Waals surface area contributed by atoms with Crippen LogP contribution in [0.2, 0.25) is 0 Å². The Balaban J connectivity index is 1.95. The van der Waals surface area contributed by atoms with Crippen LogP contribution in [-0.4, -0.2) is 35.7 Å². The van der Waals surface area contributed by atoms with Crippen LogP contribution >= 0.6 is 11.8 Å². The number of benzene rings is 1.